The van der Waals surface area contributed by atoms with Crippen molar-refractivity contribution in [2.45, 2.75) is 52.0 Å². The van der Waals surface area contributed by atoms with Crippen LogP contribution in [0, 0.1) is 5.92 Å². The van der Waals surface area contributed by atoms with E-state index in [0.717, 1.165) is 30.1 Å². The number of nitrogens with zero attached hydrogens (tertiary/aromatic N) is 1. The monoisotopic (exact) mass is 274 g/mol. The fraction of sp³-hybridized carbons (Fsp3) is 0.588. The molecule has 0 aromatic heterocycles. The fourth-order valence-electron chi connectivity index (χ4n) is 3.00. The molecule has 1 aromatic carbocycles. The molecule has 0 heterocycles. The first-order chi connectivity index (χ1) is 9.69. The molecule has 1 amide bonds. The summed E-state index contributed by atoms with van der Waals surface area (Å²) in [7, 11) is 0. The summed E-state index contributed by atoms with van der Waals surface area (Å²) >= 11 is 0. The molecule has 0 spiro atoms. The Kier molecular flexibility index (Phi) is 5.45. The van der Waals surface area contributed by atoms with Crippen LogP contribution in [0.15, 0.2) is 24.3 Å². The van der Waals surface area contributed by atoms with Crippen LogP contribution in [-0.2, 0) is 11.3 Å². The second-order valence-corrected chi connectivity index (χ2v) is 5.84. The van der Waals surface area contributed by atoms with E-state index in [1.165, 1.54) is 25.7 Å². The number of nitrogen functional groups attached to an aromatic ring is 1. The number of carbonyl (C=O) groups excluding carboxylic acids is 1. The number of amides is 1. The highest BCUT2D eigenvalue weighted by Crippen LogP contribution is 2.28. The number of anilines is 1. The van der Waals surface area contributed by atoms with E-state index in [2.05, 4.69) is 0 Å². The molecule has 1 aliphatic carbocycles. The molecule has 0 unspecified atom stereocenters. The number of nitrogens with two attached hydrogens (primary N) is 1. The molecule has 1 saturated carbocycles. The number of carbonyl (C=O) groups is 1. The normalized spacial score (nSPS) is 15.4. The lowest BCUT2D eigenvalue weighted by Gasteiger charge is -2.22. The van der Waals surface area contributed by atoms with Crippen molar-refractivity contribution in [3.63, 3.8) is 0 Å². The van der Waals surface area contributed by atoms with Gasteiger partial charge in [-0.2, -0.15) is 0 Å². The third-order valence-electron chi connectivity index (χ3n) is 4.33. The van der Waals surface area contributed by atoms with Gasteiger partial charge in [0, 0.05) is 25.2 Å². The van der Waals surface area contributed by atoms with Gasteiger partial charge in [-0.1, -0.05) is 37.8 Å². The molecule has 2 N–H and O–H groups in total. The van der Waals surface area contributed by atoms with Crippen molar-refractivity contribution in [1.29, 1.82) is 0 Å². The van der Waals surface area contributed by atoms with E-state index in [9.17, 15) is 4.79 Å². The predicted molar refractivity (Wildman–Crippen MR) is 83.1 cm³/mol. The smallest absolute Gasteiger partial charge is 0.222 e. The molecule has 3 nitrogen and oxygen atoms in total. The number of hydrogen-bond acceptors (Lipinski definition) is 2. The molecule has 1 fully saturated rings. The molecule has 0 atom stereocenters. The topological polar surface area (TPSA) is 46.3 Å². The van der Waals surface area contributed by atoms with Crippen LogP contribution in [0.2, 0.25) is 0 Å². The lowest BCUT2D eigenvalue weighted by atomic mass is 10.0. The van der Waals surface area contributed by atoms with Gasteiger partial charge in [0.1, 0.15) is 0 Å². The lowest BCUT2D eigenvalue weighted by molar-refractivity contribution is -0.131. The summed E-state index contributed by atoms with van der Waals surface area (Å²) in [4.78, 5) is 14.2. The van der Waals surface area contributed by atoms with Crippen molar-refractivity contribution >= 4 is 11.6 Å². The maximum Gasteiger partial charge on any atom is 0.222 e. The number of rotatable bonds is 6. The molecule has 1 aromatic rings. The van der Waals surface area contributed by atoms with Crippen LogP contribution in [0.5, 0.6) is 0 Å². The zero-order valence-corrected chi connectivity index (χ0v) is 12.5. The van der Waals surface area contributed by atoms with Gasteiger partial charge in [0.2, 0.25) is 5.91 Å². The summed E-state index contributed by atoms with van der Waals surface area (Å²) in [6.07, 6.45) is 7.10. The predicted octanol–water partition coefficient (Wildman–Crippen LogP) is 3.59. The van der Waals surface area contributed by atoms with Crippen LogP contribution >= 0.6 is 0 Å². The highest BCUT2D eigenvalue weighted by atomic mass is 16.2. The van der Waals surface area contributed by atoms with Crippen molar-refractivity contribution in [2.24, 2.45) is 5.92 Å². The molecule has 20 heavy (non-hydrogen) atoms. The molecule has 0 saturated heterocycles. The van der Waals surface area contributed by atoms with Gasteiger partial charge >= 0.3 is 0 Å². The first kappa shape index (κ1) is 14.9. The van der Waals surface area contributed by atoms with Gasteiger partial charge in [0.15, 0.2) is 0 Å². The van der Waals surface area contributed by atoms with Crippen molar-refractivity contribution in [2.75, 3.05) is 12.3 Å². The molecule has 110 valence electrons. The minimum absolute atomic E-state index is 0.288. The van der Waals surface area contributed by atoms with Gasteiger partial charge in [0.05, 0.1) is 0 Å². The molecule has 2 rings (SSSR count). The maximum atomic E-state index is 12.3. The maximum absolute atomic E-state index is 12.3. The highest BCUT2D eigenvalue weighted by molar-refractivity contribution is 5.76. The summed E-state index contributed by atoms with van der Waals surface area (Å²) in [5, 5.41) is 0. The van der Waals surface area contributed by atoms with E-state index in [-0.39, 0.29) is 5.91 Å². The quantitative estimate of drug-likeness (QED) is 0.806. The summed E-state index contributed by atoms with van der Waals surface area (Å²) in [6, 6.07) is 7.79. The van der Waals surface area contributed by atoms with E-state index in [1.54, 1.807) is 0 Å². The van der Waals surface area contributed by atoms with Gasteiger partial charge in [-0.3, -0.25) is 4.79 Å². The van der Waals surface area contributed by atoms with E-state index in [4.69, 9.17) is 5.73 Å². The van der Waals surface area contributed by atoms with Gasteiger partial charge < -0.3 is 10.6 Å². The van der Waals surface area contributed by atoms with Crippen LogP contribution < -0.4 is 5.73 Å². The van der Waals surface area contributed by atoms with Crippen LogP contribution in [-0.4, -0.2) is 17.4 Å². The highest BCUT2D eigenvalue weighted by Gasteiger charge is 2.18. The minimum Gasteiger partial charge on any atom is -0.399 e. The van der Waals surface area contributed by atoms with E-state index >= 15 is 0 Å². The van der Waals surface area contributed by atoms with Gasteiger partial charge in [0.25, 0.3) is 0 Å². The summed E-state index contributed by atoms with van der Waals surface area (Å²) in [6.45, 7) is 3.51. The van der Waals surface area contributed by atoms with Crippen LogP contribution in [0.1, 0.15) is 51.0 Å². The van der Waals surface area contributed by atoms with E-state index < -0.39 is 0 Å². The number of benzene rings is 1. The van der Waals surface area contributed by atoms with Crippen molar-refractivity contribution < 1.29 is 4.79 Å². The molecule has 0 aliphatic heterocycles. The average molecular weight is 274 g/mol. The van der Waals surface area contributed by atoms with Gasteiger partial charge in [-0.05, 0) is 37.0 Å². The molecular formula is C17H26N2O. The molecule has 1 aliphatic rings. The fourth-order valence-corrected chi connectivity index (χ4v) is 3.00. The summed E-state index contributed by atoms with van der Waals surface area (Å²) < 4.78 is 0. The Balaban J connectivity index is 1.83. The Morgan fingerprint density at radius 3 is 2.50 bits per heavy atom. The van der Waals surface area contributed by atoms with Crippen LogP contribution in [0.25, 0.3) is 0 Å². The Morgan fingerprint density at radius 2 is 1.90 bits per heavy atom. The second kappa shape index (κ2) is 7.32. The second-order valence-electron chi connectivity index (χ2n) is 5.84. The third kappa shape index (κ3) is 4.26. The Morgan fingerprint density at radius 1 is 1.25 bits per heavy atom. The first-order valence-corrected chi connectivity index (χ1v) is 7.81. The molecule has 3 heteroatoms. The Hall–Kier alpha value is -1.51. The van der Waals surface area contributed by atoms with Gasteiger partial charge in [-0.15, -0.1) is 0 Å². The Bertz CT molecular complexity index is 421. The number of hydrogen-bond donors (Lipinski definition) is 1. The lowest BCUT2D eigenvalue weighted by Crippen LogP contribution is -2.30. The van der Waals surface area contributed by atoms with Gasteiger partial charge in [-0.25, -0.2) is 0 Å². The summed E-state index contributed by atoms with van der Waals surface area (Å²) in [5.74, 6) is 1.07. The van der Waals surface area contributed by atoms with Crippen molar-refractivity contribution in [1.82, 2.24) is 4.90 Å². The summed E-state index contributed by atoms with van der Waals surface area (Å²) in [5.41, 5.74) is 7.60. The van der Waals surface area contributed by atoms with Crippen LogP contribution in [0.3, 0.4) is 0 Å². The third-order valence-corrected chi connectivity index (χ3v) is 4.33. The van der Waals surface area contributed by atoms with Crippen molar-refractivity contribution in [3.8, 4) is 0 Å². The van der Waals surface area contributed by atoms with E-state index in [1.807, 2.05) is 36.1 Å². The van der Waals surface area contributed by atoms with Crippen molar-refractivity contribution in [3.05, 3.63) is 29.8 Å². The largest absolute Gasteiger partial charge is 0.399 e. The molecule has 0 radical (unpaired) electrons. The van der Waals surface area contributed by atoms with Crippen LogP contribution in [0.4, 0.5) is 5.69 Å². The zero-order chi connectivity index (χ0) is 14.4. The van der Waals surface area contributed by atoms with E-state index in [0.29, 0.717) is 13.0 Å². The Labute approximate surface area is 122 Å². The SMILES string of the molecule is CCN(Cc1ccc(N)cc1)C(=O)CCC1CCCC1. The molecular weight excluding hydrogens is 248 g/mol. The first-order valence-electron chi connectivity index (χ1n) is 7.81. The minimum atomic E-state index is 0.288. The zero-order valence-electron chi connectivity index (χ0n) is 12.5. The average Bonchev–Trinajstić information content (AvgIpc) is 2.97. The molecule has 0 bridgehead atoms. The standard InChI is InChI=1S/C17H26N2O/c1-2-19(13-15-7-10-16(18)11-8-15)17(20)12-9-14-5-3-4-6-14/h7-8,10-11,14H,2-6,9,12-13,18H2,1H3.